The third-order valence-electron chi connectivity index (χ3n) is 3.19. The van der Waals surface area contributed by atoms with E-state index in [0.717, 1.165) is 25.2 Å². The number of hydrogen-bond acceptors (Lipinski definition) is 3. The maximum absolute atomic E-state index is 4.30. The van der Waals surface area contributed by atoms with Crippen molar-refractivity contribution in [3.05, 3.63) is 65.2 Å². The van der Waals surface area contributed by atoms with Crippen LogP contribution in [0.1, 0.15) is 37.6 Å². The zero-order valence-electron chi connectivity index (χ0n) is 14.1. The highest BCUT2D eigenvalue weighted by molar-refractivity contribution is 5.54. The summed E-state index contributed by atoms with van der Waals surface area (Å²) in [7, 11) is 0. The third kappa shape index (κ3) is 6.64. The van der Waals surface area contributed by atoms with Gasteiger partial charge < -0.3 is 5.32 Å². The second kappa shape index (κ2) is 10.7. The summed E-state index contributed by atoms with van der Waals surface area (Å²) in [6.07, 6.45) is 8.73. The molecule has 0 bridgehead atoms. The van der Waals surface area contributed by atoms with Crippen LogP contribution >= 0.6 is 0 Å². The molecule has 1 N–H and O–H groups in total. The number of pyridine rings is 2. The van der Waals surface area contributed by atoms with Crippen LogP contribution < -0.4 is 5.32 Å². The molecule has 0 amide bonds. The van der Waals surface area contributed by atoms with Crippen LogP contribution in [0.2, 0.25) is 0 Å². The van der Waals surface area contributed by atoms with E-state index in [4.69, 9.17) is 0 Å². The quantitative estimate of drug-likeness (QED) is 0.818. The summed E-state index contributed by atoms with van der Waals surface area (Å²) in [6, 6.07) is 8.19. The number of rotatable bonds is 6. The van der Waals surface area contributed by atoms with E-state index in [9.17, 15) is 0 Å². The Bertz CT molecular complexity index is 562. The van der Waals surface area contributed by atoms with Gasteiger partial charge in [0.25, 0.3) is 0 Å². The van der Waals surface area contributed by atoms with E-state index in [-0.39, 0.29) is 0 Å². The minimum absolute atomic E-state index is 0.902. The van der Waals surface area contributed by atoms with Crippen molar-refractivity contribution >= 4 is 6.08 Å². The summed E-state index contributed by atoms with van der Waals surface area (Å²) in [6.45, 7) is 10.1. The minimum Gasteiger partial charge on any atom is -0.313 e. The van der Waals surface area contributed by atoms with Crippen molar-refractivity contribution in [1.29, 1.82) is 0 Å². The molecule has 0 saturated heterocycles. The Morgan fingerprint density at radius 3 is 2.55 bits per heavy atom. The van der Waals surface area contributed by atoms with Crippen molar-refractivity contribution in [2.45, 2.75) is 34.1 Å². The van der Waals surface area contributed by atoms with Crippen LogP contribution in [0, 0.1) is 6.92 Å². The molecule has 2 aromatic heterocycles. The molecule has 0 radical (unpaired) electrons. The predicted molar refractivity (Wildman–Crippen MR) is 94.8 cm³/mol. The van der Waals surface area contributed by atoms with Crippen molar-refractivity contribution in [3.8, 4) is 0 Å². The van der Waals surface area contributed by atoms with Gasteiger partial charge in [0, 0.05) is 30.8 Å². The monoisotopic (exact) mass is 297 g/mol. The molecule has 0 atom stereocenters. The summed E-state index contributed by atoms with van der Waals surface area (Å²) in [5.74, 6) is 0. The molecule has 0 aromatic carbocycles. The Balaban J connectivity index is 0.00000116. The van der Waals surface area contributed by atoms with E-state index in [0.29, 0.717) is 0 Å². The predicted octanol–water partition coefficient (Wildman–Crippen LogP) is 4.05. The van der Waals surface area contributed by atoms with E-state index in [1.165, 1.54) is 16.7 Å². The molecule has 0 aliphatic carbocycles. The number of nitrogens with zero attached hydrogens (tertiary/aromatic N) is 2. The largest absolute Gasteiger partial charge is 0.313 e. The van der Waals surface area contributed by atoms with Gasteiger partial charge in [0.1, 0.15) is 0 Å². The molecule has 0 unspecified atom stereocenters. The molecule has 2 rings (SSSR count). The number of aromatic nitrogens is 2. The van der Waals surface area contributed by atoms with E-state index < -0.39 is 0 Å². The van der Waals surface area contributed by atoms with Gasteiger partial charge in [0.15, 0.2) is 0 Å². The van der Waals surface area contributed by atoms with Gasteiger partial charge in [-0.3, -0.25) is 9.97 Å². The normalized spacial score (nSPS) is 10.8. The van der Waals surface area contributed by atoms with Crippen molar-refractivity contribution < 1.29 is 0 Å². The Kier molecular flexibility index (Phi) is 8.77. The highest BCUT2D eigenvalue weighted by Gasteiger charge is 1.97. The maximum atomic E-state index is 4.30. The Hall–Kier alpha value is -2.00. The van der Waals surface area contributed by atoms with Gasteiger partial charge in [-0.1, -0.05) is 31.6 Å². The van der Waals surface area contributed by atoms with Gasteiger partial charge in [0.2, 0.25) is 0 Å². The first-order chi connectivity index (χ1) is 10.8. The summed E-state index contributed by atoms with van der Waals surface area (Å²) in [4.78, 5) is 8.32. The first-order valence-electron chi connectivity index (χ1n) is 7.94. The van der Waals surface area contributed by atoms with E-state index in [1.807, 2.05) is 45.4 Å². The lowest BCUT2D eigenvalue weighted by atomic mass is 10.1. The molecule has 0 fully saturated rings. The second-order valence-electron chi connectivity index (χ2n) is 4.95. The molecule has 3 nitrogen and oxygen atoms in total. The van der Waals surface area contributed by atoms with E-state index in [2.05, 4.69) is 46.5 Å². The van der Waals surface area contributed by atoms with Crippen LogP contribution in [0.3, 0.4) is 0 Å². The smallest absolute Gasteiger partial charge is 0.0444 e. The average Bonchev–Trinajstić information content (AvgIpc) is 2.57. The van der Waals surface area contributed by atoms with Gasteiger partial charge in [-0.2, -0.15) is 0 Å². The lowest BCUT2D eigenvalue weighted by Gasteiger charge is -2.06. The Morgan fingerprint density at radius 2 is 1.86 bits per heavy atom. The van der Waals surface area contributed by atoms with Crippen LogP contribution in [0.4, 0.5) is 0 Å². The number of hydrogen-bond donors (Lipinski definition) is 1. The van der Waals surface area contributed by atoms with Crippen LogP contribution in [-0.2, 0) is 6.42 Å². The summed E-state index contributed by atoms with van der Waals surface area (Å²) >= 11 is 0. The van der Waals surface area contributed by atoms with Gasteiger partial charge in [-0.15, -0.1) is 0 Å². The second-order valence-corrected chi connectivity index (χ2v) is 4.95. The zero-order chi connectivity index (χ0) is 16.2. The summed E-state index contributed by atoms with van der Waals surface area (Å²) in [5, 5.41) is 3.46. The van der Waals surface area contributed by atoms with Crippen molar-refractivity contribution in [1.82, 2.24) is 15.3 Å². The van der Waals surface area contributed by atoms with Crippen LogP contribution in [0.5, 0.6) is 0 Å². The van der Waals surface area contributed by atoms with E-state index in [1.54, 1.807) is 0 Å². The van der Waals surface area contributed by atoms with Crippen molar-refractivity contribution in [3.63, 3.8) is 0 Å². The Labute approximate surface area is 134 Å². The lowest BCUT2D eigenvalue weighted by molar-refractivity contribution is 0.729. The molecule has 0 aliphatic rings. The Morgan fingerprint density at radius 1 is 1.14 bits per heavy atom. The summed E-state index contributed by atoms with van der Waals surface area (Å²) < 4.78 is 0. The maximum Gasteiger partial charge on any atom is 0.0444 e. The highest BCUT2D eigenvalue weighted by Crippen LogP contribution is 2.09. The molecule has 2 aromatic rings. The summed E-state index contributed by atoms with van der Waals surface area (Å²) in [5.41, 5.74) is 4.90. The van der Waals surface area contributed by atoms with E-state index >= 15 is 0 Å². The SMILES string of the molecule is C/C(=C\c1cccnc1C)CNCCc1ccncc1.CC. The molecule has 3 heteroatoms. The lowest BCUT2D eigenvalue weighted by Crippen LogP contribution is -2.19. The topological polar surface area (TPSA) is 37.8 Å². The zero-order valence-corrected chi connectivity index (χ0v) is 14.1. The van der Waals surface area contributed by atoms with Crippen LogP contribution in [0.15, 0.2) is 48.4 Å². The fourth-order valence-electron chi connectivity index (χ4n) is 2.03. The molecule has 0 aliphatic heterocycles. The molecule has 0 saturated carbocycles. The molecule has 118 valence electrons. The van der Waals surface area contributed by atoms with Gasteiger partial charge in [-0.25, -0.2) is 0 Å². The molecule has 2 heterocycles. The standard InChI is InChI=1S/C17H21N3.C2H6/c1-14(12-17-4-3-8-20-15(17)2)13-19-11-7-16-5-9-18-10-6-16;1-2/h3-6,8-10,12,19H,7,11,13H2,1-2H3;1-2H3/b14-12+;. The van der Waals surface area contributed by atoms with Crippen molar-refractivity contribution in [2.24, 2.45) is 0 Å². The fourth-order valence-corrected chi connectivity index (χ4v) is 2.03. The highest BCUT2D eigenvalue weighted by atomic mass is 14.8. The molecule has 22 heavy (non-hydrogen) atoms. The van der Waals surface area contributed by atoms with Crippen molar-refractivity contribution in [2.75, 3.05) is 13.1 Å². The first kappa shape index (κ1) is 18.1. The van der Waals surface area contributed by atoms with Crippen LogP contribution in [-0.4, -0.2) is 23.1 Å². The average molecular weight is 297 g/mol. The van der Waals surface area contributed by atoms with Gasteiger partial charge in [0.05, 0.1) is 0 Å². The van der Waals surface area contributed by atoms with Gasteiger partial charge >= 0.3 is 0 Å². The third-order valence-corrected chi connectivity index (χ3v) is 3.19. The fraction of sp³-hybridized carbons (Fsp3) is 0.368. The minimum atomic E-state index is 0.902. The van der Waals surface area contributed by atoms with Gasteiger partial charge in [-0.05, 0) is 56.1 Å². The molecular weight excluding hydrogens is 270 g/mol. The van der Waals surface area contributed by atoms with Crippen LogP contribution in [0.25, 0.3) is 6.08 Å². The number of aryl methyl sites for hydroxylation is 1. The molecule has 0 spiro atoms. The number of nitrogens with one attached hydrogen (secondary N) is 1. The first-order valence-corrected chi connectivity index (χ1v) is 7.94. The molecular formula is C19H27N3.